The van der Waals surface area contributed by atoms with Gasteiger partial charge in [-0.15, -0.1) is 0 Å². The average molecular weight is 401 g/mol. The monoisotopic (exact) mass is 401 g/mol. The van der Waals surface area contributed by atoms with Crippen molar-refractivity contribution < 1.29 is 4.79 Å². The Morgan fingerprint density at radius 1 is 1.13 bits per heavy atom. The summed E-state index contributed by atoms with van der Waals surface area (Å²) in [6.07, 6.45) is 8.98. The molecule has 2 aliphatic heterocycles. The lowest BCUT2D eigenvalue weighted by atomic mass is 9.93. The number of aliphatic imine (C=N–C) groups is 1. The van der Waals surface area contributed by atoms with Gasteiger partial charge in [0, 0.05) is 41.7 Å². The maximum atomic E-state index is 12.3. The fraction of sp³-hybridized carbons (Fsp3) is 0.261. The van der Waals surface area contributed by atoms with Crippen molar-refractivity contribution in [1.29, 1.82) is 0 Å². The first kappa shape index (κ1) is 18.4. The van der Waals surface area contributed by atoms with Gasteiger partial charge in [0.2, 0.25) is 5.56 Å². The molecule has 3 aliphatic rings. The van der Waals surface area contributed by atoms with Gasteiger partial charge in [0.15, 0.2) is 5.84 Å². The Hall–Kier alpha value is -3.61. The number of aromatic amines is 1. The molecule has 0 radical (unpaired) electrons. The highest BCUT2D eigenvalue weighted by Crippen LogP contribution is 2.28. The van der Waals surface area contributed by atoms with Crippen LogP contribution in [0.2, 0.25) is 0 Å². The van der Waals surface area contributed by atoms with E-state index in [1.54, 1.807) is 12.3 Å². The molecule has 7 heteroatoms. The van der Waals surface area contributed by atoms with Gasteiger partial charge in [-0.25, -0.2) is 0 Å². The summed E-state index contributed by atoms with van der Waals surface area (Å²) in [5.74, 6) is 0.847. The highest BCUT2D eigenvalue weighted by atomic mass is 16.1. The van der Waals surface area contributed by atoms with Gasteiger partial charge in [0.1, 0.15) is 0 Å². The van der Waals surface area contributed by atoms with Gasteiger partial charge in [0.25, 0.3) is 5.91 Å². The molecular weight excluding hydrogens is 378 g/mol. The highest BCUT2D eigenvalue weighted by Gasteiger charge is 2.27. The number of hydrogen-bond donors (Lipinski definition) is 3. The molecule has 1 fully saturated rings. The first-order valence-electron chi connectivity index (χ1n) is 10.3. The molecule has 3 N–H and O–H groups in total. The quantitative estimate of drug-likeness (QED) is 0.719. The largest absolute Gasteiger partial charge is 0.353 e. The van der Waals surface area contributed by atoms with E-state index >= 15 is 0 Å². The van der Waals surface area contributed by atoms with Crippen LogP contribution in [0.15, 0.2) is 70.2 Å². The second-order valence-corrected chi connectivity index (χ2v) is 7.73. The van der Waals surface area contributed by atoms with E-state index < -0.39 is 0 Å². The van der Waals surface area contributed by atoms with Crippen LogP contribution in [0.5, 0.6) is 0 Å². The molecule has 3 heterocycles. The van der Waals surface area contributed by atoms with E-state index in [4.69, 9.17) is 0 Å². The number of amidine groups is 1. The Morgan fingerprint density at radius 3 is 2.70 bits per heavy atom. The maximum absolute atomic E-state index is 12.3. The number of H-pyrrole nitrogens is 1. The SMILES string of the molecule is O=C(NC1CCC1)c1ccc(NC2=CC=C(c3cc[nH]c(=O)c3)N3CCN=C23)cc1. The van der Waals surface area contributed by atoms with Crippen LogP contribution in [0.1, 0.15) is 35.2 Å². The van der Waals surface area contributed by atoms with Crippen LogP contribution in [-0.2, 0) is 0 Å². The Kier molecular flexibility index (Phi) is 4.71. The molecular formula is C23H23N5O2. The fourth-order valence-corrected chi connectivity index (χ4v) is 3.87. The molecule has 1 aliphatic carbocycles. The number of benzene rings is 1. The second-order valence-electron chi connectivity index (χ2n) is 7.73. The van der Waals surface area contributed by atoms with E-state index in [1.807, 2.05) is 42.5 Å². The summed E-state index contributed by atoms with van der Waals surface area (Å²) in [5, 5.41) is 6.47. The van der Waals surface area contributed by atoms with Gasteiger partial charge in [0.05, 0.1) is 17.9 Å². The molecule has 1 aromatic carbocycles. The minimum atomic E-state index is -0.125. The third kappa shape index (κ3) is 3.54. The van der Waals surface area contributed by atoms with Crippen molar-refractivity contribution in [2.45, 2.75) is 25.3 Å². The summed E-state index contributed by atoms with van der Waals surface area (Å²) in [4.78, 5) is 33.4. The van der Waals surface area contributed by atoms with Gasteiger partial charge in [-0.1, -0.05) is 0 Å². The lowest BCUT2D eigenvalue weighted by molar-refractivity contribution is 0.0917. The summed E-state index contributed by atoms with van der Waals surface area (Å²) in [6.45, 7) is 1.47. The lowest BCUT2D eigenvalue weighted by Crippen LogP contribution is -2.39. The van der Waals surface area contributed by atoms with Gasteiger partial charge in [-0.05, 0) is 61.7 Å². The average Bonchev–Trinajstić information content (AvgIpc) is 3.22. The Balaban J connectivity index is 1.34. The molecule has 0 unspecified atom stereocenters. The van der Waals surface area contributed by atoms with E-state index in [0.717, 1.165) is 47.9 Å². The number of carbonyl (C=O) groups excluding carboxylic acids is 1. The zero-order valence-corrected chi connectivity index (χ0v) is 16.5. The van der Waals surface area contributed by atoms with Gasteiger partial charge in [-0.3, -0.25) is 14.6 Å². The summed E-state index contributed by atoms with van der Waals surface area (Å²) in [7, 11) is 0. The van der Waals surface area contributed by atoms with E-state index in [1.165, 1.54) is 6.42 Å². The van der Waals surface area contributed by atoms with Crippen LogP contribution in [0, 0.1) is 0 Å². The van der Waals surface area contributed by atoms with Gasteiger partial charge < -0.3 is 20.5 Å². The number of nitrogens with one attached hydrogen (secondary N) is 3. The minimum absolute atomic E-state index is 0.0140. The van der Waals surface area contributed by atoms with E-state index in [-0.39, 0.29) is 11.5 Å². The standard InChI is InChI=1S/C23H23N5O2/c29-21-14-16(10-11-24-21)20-9-8-19(22-25-12-13-28(20)22)26-18-6-4-15(5-7-18)23(30)27-17-2-1-3-17/h4-11,14,17,26H,1-3,12-13H2,(H,24,29)(H,27,30). The molecule has 152 valence electrons. The predicted molar refractivity (Wildman–Crippen MR) is 117 cm³/mol. The third-order valence-corrected chi connectivity index (χ3v) is 5.72. The number of fused-ring (bicyclic) bond motifs is 1. The zero-order chi connectivity index (χ0) is 20.5. The summed E-state index contributed by atoms with van der Waals surface area (Å²) in [6, 6.07) is 11.3. The molecule has 2 aromatic rings. The number of allylic oxidation sites excluding steroid dienone is 2. The number of aromatic nitrogens is 1. The number of hydrogen-bond acceptors (Lipinski definition) is 5. The van der Waals surface area contributed by atoms with Crippen LogP contribution < -0.4 is 16.2 Å². The Morgan fingerprint density at radius 2 is 1.97 bits per heavy atom. The summed E-state index contributed by atoms with van der Waals surface area (Å²) < 4.78 is 0. The maximum Gasteiger partial charge on any atom is 0.251 e. The minimum Gasteiger partial charge on any atom is -0.353 e. The van der Waals surface area contributed by atoms with Crippen molar-refractivity contribution in [1.82, 2.24) is 15.2 Å². The number of anilines is 1. The molecule has 1 saturated carbocycles. The van der Waals surface area contributed by atoms with Crippen molar-refractivity contribution in [3.63, 3.8) is 0 Å². The van der Waals surface area contributed by atoms with E-state index in [2.05, 4.69) is 25.5 Å². The molecule has 1 aromatic heterocycles. The van der Waals surface area contributed by atoms with Crippen molar-refractivity contribution in [3.8, 4) is 0 Å². The first-order chi connectivity index (χ1) is 14.7. The molecule has 5 rings (SSSR count). The molecule has 0 spiro atoms. The van der Waals surface area contributed by atoms with Crippen molar-refractivity contribution >= 4 is 23.1 Å². The highest BCUT2D eigenvalue weighted by molar-refractivity contribution is 6.08. The molecule has 1 amide bonds. The number of rotatable bonds is 5. The molecule has 7 nitrogen and oxygen atoms in total. The zero-order valence-electron chi connectivity index (χ0n) is 16.5. The number of carbonyl (C=O) groups is 1. The molecule has 30 heavy (non-hydrogen) atoms. The van der Waals surface area contributed by atoms with Crippen molar-refractivity contribution in [3.05, 3.63) is 81.9 Å². The van der Waals surface area contributed by atoms with E-state index in [0.29, 0.717) is 18.2 Å². The van der Waals surface area contributed by atoms with Crippen LogP contribution in [0.25, 0.3) is 5.70 Å². The summed E-state index contributed by atoms with van der Waals surface area (Å²) in [5.41, 5.74) is 4.16. The fourth-order valence-electron chi connectivity index (χ4n) is 3.87. The molecule has 0 atom stereocenters. The van der Waals surface area contributed by atoms with Crippen LogP contribution in [0.3, 0.4) is 0 Å². The van der Waals surface area contributed by atoms with Crippen molar-refractivity contribution in [2.24, 2.45) is 4.99 Å². The van der Waals surface area contributed by atoms with Crippen LogP contribution in [0.4, 0.5) is 5.69 Å². The van der Waals surface area contributed by atoms with E-state index in [9.17, 15) is 9.59 Å². The van der Waals surface area contributed by atoms with Crippen LogP contribution in [-0.4, -0.2) is 40.8 Å². The topological polar surface area (TPSA) is 89.6 Å². The van der Waals surface area contributed by atoms with Crippen LogP contribution >= 0.6 is 0 Å². The third-order valence-electron chi connectivity index (χ3n) is 5.72. The smallest absolute Gasteiger partial charge is 0.251 e. The second kappa shape index (κ2) is 7.67. The Labute approximate surface area is 174 Å². The first-order valence-corrected chi connectivity index (χ1v) is 10.3. The number of amides is 1. The molecule has 0 bridgehead atoms. The lowest BCUT2D eigenvalue weighted by Gasteiger charge is -2.28. The normalized spacial score (nSPS) is 18.0. The van der Waals surface area contributed by atoms with Crippen molar-refractivity contribution in [2.75, 3.05) is 18.4 Å². The number of pyridine rings is 1. The number of nitrogens with zero attached hydrogens (tertiary/aromatic N) is 2. The predicted octanol–water partition coefficient (Wildman–Crippen LogP) is 2.72. The Bertz CT molecular complexity index is 1120. The van der Waals surface area contributed by atoms with Gasteiger partial charge >= 0.3 is 0 Å². The molecule has 0 saturated heterocycles. The summed E-state index contributed by atoms with van der Waals surface area (Å²) >= 11 is 0. The van der Waals surface area contributed by atoms with Gasteiger partial charge in [-0.2, -0.15) is 0 Å².